The van der Waals surface area contributed by atoms with Gasteiger partial charge in [0.1, 0.15) is 0 Å². The molecular weight excluding hydrogens is 504 g/mol. The molecule has 0 heterocycles. The van der Waals surface area contributed by atoms with Crippen molar-refractivity contribution >= 4 is 12.0 Å². The van der Waals surface area contributed by atoms with E-state index >= 15 is 0 Å². The Morgan fingerprint density at radius 3 is 1.71 bits per heavy atom. The number of fused-ring (bicyclic) bond motifs is 4. The van der Waals surface area contributed by atoms with E-state index < -0.39 is 26.8 Å². The molecule has 34 heavy (non-hydrogen) atoms. The predicted molar refractivity (Wildman–Crippen MR) is 148 cm³/mol. The monoisotopic (exact) mass is 541 g/mol. The number of hydrogen-bond donors (Lipinski definition) is 0. The summed E-state index contributed by atoms with van der Waals surface area (Å²) in [5.74, 6) is -0.815. The van der Waals surface area contributed by atoms with Crippen LogP contribution in [0.25, 0.3) is 17.2 Å². The minimum atomic E-state index is -1.95. The van der Waals surface area contributed by atoms with Crippen LogP contribution in [0.4, 0.5) is 0 Å². The molecule has 0 nitrogen and oxygen atoms in total. The first-order valence-electron chi connectivity index (χ1n) is 12.9. The Hall–Kier alpha value is -1.50. The fourth-order valence-electron chi connectivity index (χ4n) is 5.95. The molecule has 1 unspecified atom stereocenters. The van der Waals surface area contributed by atoms with Gasteiger partial charge in [-0.15, -0.1) is 0 Å². The Bertz CT molecular complexity index is 1210. The second kappa shape index (κ2) is 8.56. The Morgan fingerprint density at radius 2 is 1.21 bits per heavy atom. The average molecular weight is 543 g/mol. The molecule has 0 saturated heterocycles. The molecule has 0 spiro atoms. The maximum atomic E-state index is 2.65. The molecule has 0 aromatic heterocycles. The first-order chi connectivity index (χ1) is 16.0. The topological polar surface area (TPSA) is 0 Å². The third-order valence-electron chi connectivity index (χ3n) is 7.91. The van der Waals surface area contributed by atoms with Crippen molar-refractivity contribution in [3.8, 4) is 11.1 Å². The quantitative estimate of drug-likeness (QED) is 0.290. The second-order valence-electron chi connectivity index (χ2n) is 12.7. The van der Waals surface area contributed by atoms with Gasteiger partial charge < -0.3 is 0 Å². The molecule has 3 aromatic rings. The van der Waals surface area contributed by atoms with Crippen LogP contribution in [0.5, 0.6) is 0 Å². The molecule has 175 valence electrons. The summed E-state index contributed by atoms with van der Waals surface area (Å²) in [5, 5.41) is 0. The molecule has 2 heteroatoms. The van der Waals surface area contributed by atoms with Crippen molar-refractivity contribution < 1.29 is 20.9 Å². The van der Waals surface area contributed by atoms with Crippen LogP contribution in [0.3, 0.4) is 0 Å². The summed E-state index contributed by atoms with van der Waals surface area (Å²) < 4.78 is 1.38. The van der Waals surface area contributed by atoms with Crippen LogP contribution in [0, 0.1) is 0 Å². The van der Waals surface area contributed by atoms with E-state index in [9.17, 15) is 0 Å². The summed E-state index contributed by atoms with van der Waals surface area (Å²) >= 11 is -1.95. The summed E-state index contributed by atoms with van der Waals surface area (Å²) in [5.41, 5.74) is 12.7. The summed E-state index contributed by atoms with van der Waals surface area (Å²) in [4.78, 5) is 0. The molecular formula is C32H39SiZr. The summed E-state index contributed by atoms with van der Waals surface area (Å²) in [6, 6.07) is 24.2. The van der Waals surface area contributed by atoms with Crippen LogP contribution in [-0.4, -0.2) is 5.92 Å². The molecule has 2 aliphatic carbocycles. The van der Waals surface area contributed by atoms with E-state index in [1.807, 2.05) is 0 Å². The molecule has 0 amide bonds. The normalized spacial score (nSPS) is 17.1. The van der Waals surface area contributed by atoms with Crippen molar-refractivity contribution in [3.63, 3.8) is 0 Å². The minimum absolute atomic E-state index is 0.163. The molecule has 0 radical (unpaired) electrons. The maximum absolute atomic E-state index is 2.65. The molecule has 2 aliphatic rings. The zero-order valence-corrected chi connectivity index (χ0v) is 25.8. The number of rotatable bonds is 3. The van der Waals surface area contributed by atoms with Crippen LogP contribution in [0.2, 0.25) is 13.1 Å². The van der Waals surface area contributed by atoms with Gasteiger partial charge in [0.25, 0.3) is 0 Å². The number of allylic oxidation sites excluding steroid dienone is 1. The van der Waals surface area contributed by atoms with Gasteiger partial charge in [0.15, 0.2) is 0 Å². The SMILES string of the molecule is C[SiH](C)[Zr]([CH]1C=Cc2ccccc21)[CH]1c2ccc(C(C)(C)C)cc2-c2cc(C(C)(C)C)ccc21. The van der Waals surface area contributed by atoms with Gasteiger partial charge in [-0.25, -0.2) is 0 Å². The van der Waals surface area contributed by atoms with E-state index in [0.717, 1.165) is 0 Å². The fourth-order valence-corrected chi connectivity index (χ4v) is 27.6. The number of hydrogen-bond acceptors (Lipinski definition) is 0. The van der Waals surface area contributed by atoms with Gasteiger partial charge in [0.05, 0.1) is 0 Å². The van der Waals surface area contributed by atoms with Crippen LogP contribution >= 0.6 is 0 Å². The Kier molecular flexibility index (Phi) is 6.10. The zero-order chi connectivity index (χ0) is 24.4. The molecule has 0 N–H and O–H groups in total. The van der Waals surface area contributed by atoms with Crippen LogP contribution in [-0.2, 0) is 31.7 Å². The van der Waals surface area contributed by atoms with Crippen molar-refractivity contribution in [1.29, 1.82) is 0 Å². The first-order valence-corrected chi connectivity index (χ1v) is 22.9. The predicted octanol–water partition coefficient (Wildman–Crippen LogP) is 8.72. The second-order valence-corrected chi connectivity index (χ2v) is 32.8. The molecule has 0 fully saturated rings. The Balaban J connectivity index is 1.72. The van der Waals surface area contributed by atoms with E-state index in [-0.39, 0.29) is 10.8 Å². The summed E-state index contributed by atoms with van der Waals surface area (Å²) in [7, 11) is 0. The summed E-state index contributed by atoms with van der Waals surface area (Å²) in [6.07, 6.45) is 5.01. The average Bonchev–Trinajstić information content (AvgIpc) is 3.32. The van der Waals surface area contributed by atoms with Crippen LogP contribution in [0.1, 0.15) is 82.2 Å². The third kappa shape index (κ3) is 4.10. The van der Waals surface area contributed by atoms with Gasteiger partial charge in [0, 0.05) is 0 Å². The molecule has 0 bridgehead atoms. The number of benzene rings is 3. The van der Waals surface area contributed by atoms with E-state index in [1.165, 1.54) is 27.8 Å². The van der Waals surface area contributed by atoms with Crippen LogP contribution < -0.4 is 0 Å². The third-order valence-corrected chi connectivity index (χ3v) is 29.3. The van der Waals surface area contributed by atoms with Crippen molar-refractivity contribution in [2.24, 2.45) is 0 Å². The van der Waals surface area contributed by atoms with E-state index in [4.69, 9.17) is 0 Å². The molecule has 3 aromatic carbocycles. The zero-order valence-electron chi connectivity index (χ0n) is 22.2. The molecule has 0 aliphatic heterocycles. The standard InChI is InChI=1S/C21H25.C9H7.C2H7Si.Zr/c1-20(2,3)16-9-7-14-11-15-8-10-17(21(4,5)6)13-19(15)18(14)12-16;1-2-5-9-7-3-6-8(9)4-1;1-3-2;/h7-13H,1-6H3;1-7H;3H,1-2H3;. The van der Waals surface area contributed by atoms with Crippen LogP contribution in [0.15, 0.2) is 66.7 Å². The summed E-state index contributed by atoms with van der Waals surface area (Å²) in [6.45, 7) is 19.4. The van der Waals surface area contributed by atoms with Gasteiger partial charge >= 0.3 is 217 Å². The molecule has 5 rings (SSSR count). The van der Waals surface area contributed by atoms with Crippen molar-refractivity contribution in [1.82, 2.24) is 0 Å². The first kappa shape index (κ1) is 24.2. The van der Waals surface area contributed by atoms with Gasteiger partial charge in [-0.05, 0) is 0 Å². The van der Waals surface area contributed by atoms with Crippen molar-refractivity contribution in [2.75, 3.05) is 0 Å². The Labute approximate surface area is 215 Å². The van der Waals surface area contributed by atoms with E-state index in [2.05, 4.69) is 127 Å². The van der Waals surface area contributed by atoms with Gasteiger partial charge in [-0.2, -0.15) is 0 Å². The van der Waals surface area contributed by atoms with E-state index in [0.29, 0.717) is 7.25 Å². The van der Waals surface area contributed by atoms with Gasteiger partial charge in [0.2, 0.25) is 0 Å². The van der Waals surface area contributed by atoms with Crippen molar-refractivity contribution in [2.45, 2.75) is 72.7 Å². The van der Waals surface area contributed by atoms with E-state index in [1.54, 1.807) is 16.7 Å². The fraction of sp³-hybridized carbons (Fsp3) is 0.375. The van der Waals surface area contributed by atoms with Gasteiger partial charge in [-0.3, -0.25) is 0 Å². The Morgan fingerprint density at radius 1 is 0.676 bits per heavy atom. The van der Waals surface area contributed by atoms with Crippen molar-refractivity contribution in [3.05, 3.63) is 100 Å². The molecule has 1 atom stereocenters. The molecule has 0 saturated carbocycles. The van der Waals surface area contributed by atoms with Gasteiger partial charge in [-0.1, -0.05) is 0 Å².